The zero-order valence-electron chi connectivity index (χ0n) is 13.0. The normalized spacial score (nSPS) is 15.3. The highest BCUT2D eigenvalue weighted by Gasteiger charge is 2.24. The van der Waals surface area contributed by atoms with E-state index in [2.05, 4.69) is 16.0 Å². The van der Waals surface area contributed by atoms with Crippen molar-refractivity contribution in [2.45, 2.75) is 6.92 Å². The molecular weight excluding hydrogens is 308 g/mol. The predicted octanol–water partition coefficient (Wildman–Crippen LogP) is 2.90. The molecule has 0 unspecified atom stereocenters. The molecule has 0 spiro atoms. The number of para-hydroxylation sites is 1. The molecule has 6 heteroatoms. The number of nitrogens with one attached hydrogen (secondary N) is 1. The van der Waals surface area contributed by atoms with Crippen LogP contribution in [0.15, 0.2) is 36.5 Å². The Morgan fingerprint density at radius 3 is 2.70 bits per heavy atom. The summed E-state index contributed by atoms with van der Waals surface area (Å²) in [5.74, 6) is 0.0852. The Bertz CT molecular complexity index is 812. The quantitative estimate of drug-likeness (QED) is 0.788. The van der Waals surface area contributed by atoms with Gasteiger partial charge in [-0.3, -0.25) is 4.79 Å². The Morgan fingerprint density at radius 1 is 1.22 bits per heavy atom. The van der Waals surface area contributed by atoms with Gasteiger partial charge in [0.2, 0.25) is 0 Å². The summed E-state index contributed by atoms with van der Waals surface area (Å²) in [4.78, 5) is 24.4. The Kier molecular flexibility index (Phi) is 3.53. The van der Waals surface area contributed by atoms with Gasteiger partial charge in [-0.15, -0.1) is 0 Å². The molecule has 23 heavy (non-hydrogen) atoms. The number of aromatic amines is 1. The van der Waals surface area contributed by atoms with Gasteiger partial charge in [0.1, 0.15) is 5.69 Å². The molecule has 1 aliphatic heterocycles. The third-order valence-corrected chi connectivity index (χ3v) is 5.27. The van der Waals surface area contributed by atoms with Crippen molar-refractivity contribution in [3.63, 3.8) is 0 Å². The van der Waals surface area contributed by atoms with Crippen LogP contribution in [0.3, 0.4) is 0 Å². The molecule has 1 aliphatic rings. The van der Waals surface area contributed by atoms with Gasteiger partial charge in [0.05, 0.1) is 10.2 Å². The molecule has 1 N–H and O–H groups in total. The minimum atomic E-state index is 0.0852. The maximum absolute atomic E-state index is 12.5. The van der Waals surface area contributed by atoms with Crippen molar-refractivity contribution in [3.8, 4) is 0 Å². The van der Waals surface area contributed by atoms with Crippen molar-refractivity contribution in [3.05, 3.63) is 47.8 Å². The molecule has 0 bridgehead atoms. The average molecular weight is 326 g/mol. The zero-order chi connectivity index (χ0) is 15.8. The number of aryl methyl sites for hydroxylation is 1. The van der Waals surface area contributed by atoms with E-state index < -0.39 is 0 Å². The maximum Gasteiger partial charge on any atom is 0.270 e. The van der Waals surface area contributed by atoms with E-state index in [0.29, 0.717) is 5.69 Å². The zero-order valence-corrected chi connectivity index (χ0v) is 13.8. The summed E-state index contributed by atoms with van der Waals surface area (Å²) in [7, 11) is 0. The summed E-state index contributed by atoms with van der Waals surface area (Å²) in [5.41, 5.74) is 2.81. The second-order valence-corrected chi connectivity index (χ2v) is 6.84. The number of hydrogen-bond acceptors (Lipinski definition) is 4. The van der Waals surface area contributed by atoms with E-state index in [1.807, 2.05) is 42.3 Å². The number of aromatic nitrogens is 2. The molecule has 1 aromatic carbocycles. The highest BCUT2D eigenvalue weighted by molar-refractivity contribution is 7.22. The monoisotopic (exact) mass is 326 g/mol. The van der Waals surface area contributed by atoms with E-state index in [4.69, 9.17) is 4.98 Å². The largest absolute Gasteiger partial charge is 0.357 e. The van der Waals surface area contributed by atoms with Crippen LogP contribution in [0.5, 0.6) is 0 Å². The number of thiazole rings is 1. The smallest absolute Gasteiger partial charge is 0.270 e. The molecule has 4 rings (SSSR count). The van der Waals surface area contributed by atoms with Gasteiger partial charge in [0.15, 0.2) is 5.13 Å². The number of amides is 1. The second-order valence-electron chi connectivity index (χ2n) is 5.83. The first-order chi connectivity index (χ1) is 11.2. The number of H-pyrrole nitrogens is 1. The molecule has 1 amide bonds. The van der Waals surface area contributed by atoms with Crippen LogP contribution in [0.4, 0.5) is 5.13 Å². The van der Waals surface area contributed by atoms with Crippen LogP contribution in [0, 0.1) is 6.92 Å². The van der Waals surface area contributed by atoms with Crippen molar-refractivity contribution in [2.75, 3.05) is 31.1 Å². The molecule has 3 heterocycles. The van der Waals surface area contributed by atoms with Crippen LogP contribution in [-0.4, -0.2) is 47.0 Å². The number of benzene rings is 1. The maximum atomic E-state index is 12.5. The standard InChI is InChI=1S/C17H18N4OS/c1-12-10-14(18-11-12)16(22)20-6-8-21(9-7-20)17-19-13-4-2-3-5-15(13)23-17/h2-5,10-11,18H,6-9H2,1H3. The lowest BCUT2D eigenvalue weighted by atomic mass is 10.2. The molecule has 0 atom stereocenters. The number of hydrogen-bond donors (Lipinski definition) is 1. The second kappa shape index (κ2) is 5.70. The van der Waals surface area contributed by atoms with E-state index in [9.17, 15) is 4.79 Å². The minimum absolute atomic E-state index is 0.0852. The molecule has 1 saturated heterocycles. The highest BCUT2D eigenvalue weighted by Crippen LogP contribution is 2.29. The van der Waals surface area contributed by atoms with Gasteiger partial charge >= 0.3 is 0 Å². The summed E-state index contributed by atoms with van der Waals surface area (Å²) < 4.78 is 1.21. The minimum Gasteiger partial charge on any atom is -0.357 e. The average Bonchev–Trinajstić information content (AvgIpc) is 3.20. The van der Waals surface area contributed by atoms with Crippen LogP contribution in [0.2, 0.25) is 0 Å². The van der Waals surface area contributed by atoms with E-state index in [1.54, 1.807) is 11.3 Å². The Hall–Kier alpha value is -2.34. The molecule has 118 valence electrons. The summed E-state index contributed by atoms with van der Waals surface area (Å²) in [6.45, 7) is 5.09. The van der Waals surface area contributed by atoms with Gasteiger partial charge in [0, 0.05) is 32.4 Å². The summed E-state index contributed by atoms with van der Waals surface area (Å²) >= 11 is 1.72. The fourth-order valence-corrected chi connectivity index (χ4v) is 3.91. The van der Waals surface area contributed by atoms with E-state index in [-0.39, 0.29) is 5.91 Å². The molecular formula is C17H18N4OS. The summed E-state index contributed by atoms with van der Waals surface area (Å²) in [5, 5.41) is 1.05. The van der Waals surface area contributed by atoms with Gasteiger partial charge in [0.25, 0.3) is 5.91 Å². The number of nitrogens with zero attached hydrogens (tertiary/aromatic N) is 3. The molecule has 0 aliphatic carbocycles. The first-order valence-electron chi connectivity index (χ1n) is 7.75. The number of fused-ring (bicyclic) bond motifs is 1. The van der Waals surface area contributed by atoms with Crippen LogP contribution < -0.4 is 4.90 Å². The first kappa shape index (κ1) is 14.3. The summed E-state index contributed by atoms with van der Waals surface area (Å²) in [6.07, 6.45) is 1.87. The first-order valence-corrected chi connectivity index (χ1v) is 8.57. The van der Waals surface area contributed by atoms with Crippen molar-refractivity contribution in [1.29, 1.82) is 0 Å². The highest BCUT2D eigenvalue weighted by atomic mass is 32.1. The Balaban J connectivity index is 1.45. The van der Waals surface area contributed by atoms with Crippen molar-refractivity contribution < 1.29 is 4.79 Å². The molecule has 2 aromatic heterocycles. The van der Waals surface area contributed by atoms with Gasteiger partial charge in [-0.1, -0.05) is 23.5 Å². The van der Waals surface area contributed by atoms with Crippen LogP contribution in [0.25, 0.3) is 10.2 Å². The number of carbonyl (C=O) groups is 1. The molecule has 1 fully saturated rings. The number of anilines is 1. The van der Waals surface area contributed by atoms with Crippen LogP contribution in [0.1, 0.15) is 16.1 Å². The topological polar surface area (TPSA) is 52.2 Å². The molecule has 0 saturated carbocycles. The van der Waals surface area contributed by atoms with E-state index in [1.165, 1.54) is 4.70 Å². The lowest BCUT2D eigenvalue weighted by Crippen LogP contribution is -2.48. The van der Waals surface area contributed by atoms with Gasteiger partial charge in [-0.05, 0) is 30.7 Å². The predicted molar refractivity (Wildman–Crippen MR) is 93.3 cm³/mol. The van der Waals surface area contributed by atoms with Gasteiger partial charge in [-0.2, -0.15) is 0 Å². The Labute approximate surface area is 138 Å². The van der Waals surface area contributed by atoms with Crippen molar-refractivity contribution in [2.24, 2.45) is 0 Å². The third-order valence-electron chi connectivity index (χ3n) is 4.18. The Morgan fingerprint density at radius 2 is 2.00 bits per heavy atom. The molecule has 3 aromatic rings. The lowest BCUT2D eigenvalue weighted by molar-refractivity contribution is 0.0741. The SMILES string of the molecule is Cc1c[nH]c(C(=O)N2CCN(c3nc4ccccc4s3)CC2)c1. The number of piperazine rings is 1. The van der Waals surface area contributed by atoms with E-state index in [0.717, 1.165) is 42.4 Å². The lowest BCUT2D eigenvalue weighted by Gasteiger charge is -2.34. The van der Waals surface area contributed by atoms with Gasteiger partial charge in [-0.25, -0.2) is 4.98 Å². The van der Waals surface area contributed by atoms with Crippen LogP contribution in [-0.2, 0) is 0 Å². The van der Waals surface area contributed by atoms with Crippen molar-refractivity contribution in [1.82, 2.24) is 14.9 Å². The third kappa shape index (κ3) is 2.70. The molecule has 5 nitrogen and oxygen atoms in total. The fourth-order valence-electron chi connectivity index (χ4n) is 2.89. The van der Waals surface area contributed by atoms with Crippen LogP contribution >= 0.6 is 11.3 Å². The fraction of sp³-hybridized carbons (Fsp3) is 0.294. The molecule has 0 radical (unpaired) electrons. The van der Waals surface area contributed by atoms with E-state index >= 15 is 0 Å². The number of carbonyl (C=O) groups excluding carboxylic acids is 1. The summed E-state index contributed by atoms with van der Waals surface area (Å²) in [6, 6.07) is 10.1. The number of rotatable bonds is 2. The van der Waals surface area contributed by atoms with Crippen molar-refractivity contribution >= 4 is 32.6 Å². The van der Waals surface area contributed by atoms with Gasteiger partial charge < -0.3 is 14.8 Å².